The van der Waals surface area contributed by atoms with Crippen molar-refractivity contribution in [3.8, 4) is 0 Å². The number of carboxylic acids is 1. The monoisotopic (exact) mass is 668 g/mol. The summed E-state index contributed by atoms with van der Waals surface area (Å²) in [6.45, 7) is 19.1. The van der Waals surface area contributed by atoms with Gasteiger partial charge in [0.15, 0.2) is 0 Å². The minimum absolute atomic E-state index is 0.0128. The van der Waals surface area contributed by atoms with Gasteiger partial charge in [-0.2, -0.15) is 0 Å². The van der Waals surface area contributed by atoms with Gasteiger partial charge in [-0.25, -0.2) is 0 Å². The van der Waals surface area contributed by atoms with Gasteiger partial charge in [-0.05, 0) is 43.4 Å². The molecule has 0 aromatic heterocycles. The molecule has 47 heavy (non-hydrogen) atoms. The molecule has 0 aliphatic rings. The number of rotatable bonds is 23. The Labute approximate surface area is 282 Å². The first-order valence-electron chi connectivity index (χ1n) is 17.1. The van der Waals surface area contributed by atoms with Gasteiger partial charge < -0.3 is 37.4 Å². The topological polar surface area (TPSA) is 209 Å². The normalized spacial score (nSPS) is 15.4. The highest BCUT2D eigenvalue weighted by Crippen LogP contribution is 2.14. The van der Waals surface area contributed by atoms with Crippen LogP contribution in [0.15, 0.2) is 0 Å². The Kier molecular flexibility index (Phi) is 20.8. The molecule has 0 saturated carbocycles. The quantitative estimate of drug-likeness (QED) is 0.0856. The zero-order chi connectivity index (χ0) is 36.4. The lowest BCUT2D eigenvalue weighted by atomic mass is 9.94. The van der Waals surface area contributed by atoms with E-state index in [1.165, 1.54) is 0 Å². The zero-order valence-electron chi connectivity index (χ0n) is 30.4. The fourth-order valence-electron chi connectivity index (χ4n) is 4.97. The lowest BCUT2D eigenvalue weighted by Crippen LogP contribution is -2.47. The summed E-state index contributed by atoms with van der Waals surface area (Å²) in [6, 6.07) is -1.19. The van der Waals surface area contributed by atoms with Crippen LogP contribution in [0.1, 0.15) is 101 Å². The Morgan fingerprint density at radius 1 is 0.596 bits per heavy atom. The molecule has 0 rings (SSSR count). The maximum absolute atomic E-state index is 13.1. The fourth-order valence-corrected chi connectivity index (χ4v) is 4.97. The third-order valence-corrected chi connectivity index (χ3v) is 8.06. The number of amides is 5. The fraction of sp³-hybridized carbons (Fsp3) is 0.824. The smallest absolute Gasteiger partial charge is 0.308 e. The van der Waals surface area contributed by atoms with Gasteiger partial charge in [-0.15, -0.1) is 0 Å². The first-order valence-corrected chi connectivity index (χ1v) is 17.1. The highest BCUT2D eigenvalue weighted by Gasteiger charge is 2.27. The molecule has 0 fully saturated rings. The number of carbonyl (C=O) groups excluding carboxylic acids is 5. The van der Waals surface area contributed by atoms with Crippen molar-refractivity contribution in [3.63, 3.8) is 0 Å². The maximum Gasteiger partial charge on any atom is 0.308 e. The largest absolute Gasteiger partial charge is 0.481 e. The summed E-state index contributed by atoms with van der Waals surface area (Å²) < 4.78 is 0. The molecule has 0 spiro atoms. The van der Waals surface area contributed by atoms with Crippen molar-refractivity contribution in [3.05, 3.63) is 0 Å². The average Bonchev–Trinajstić information content (AvgIpc) is 2.92. The number of carbonyl (C=O) groups is 6. The van der Waals surface area contributed by atoms with Crippen LogP contribution in [0.2, 0.25) is 0 Å². The van der Waals surface area contributed by atoms with Crippen molar-refractivity contribution in [2.45, 2.75) is 119 Å². The van der Waals surface area contributed by atoms with Crippen molar-refractivity contribution in [2.24, 2.45) is 47.2 Å². The Morgan fingerprint density at radius 2 is 1.11 bits per heavy atom. The molecule has 6 atom stereocenters. The molecular formula is C34H64N6O7. The first kappa shape index (κ1) is 43.8. The molecule has 13 heteroatoms. The number of carboxylic acid groups (broad SMARTS) is 1. The summed E-state index contributed by atoms with van der Waals surface area (Å²) in [5.41, 5.74) is 5.96. The van der Waals surface area contributed by atoms with E-state index in [1.54, 1.807) is 13.8 Å². The molecule has 0 saturated heterocycles. The maximum atomic E-state index is 13.1. The highest BCUT2D eigenvalue weighted by molar-refractivity contribution is 5.84. The van der Waals surface area contributed by atoms with E-state index in [9.17, 15) is 33.9 Å². The molecule has 0 aromatic carbocycles. The molecule has 0 heterocycles. The van der Waals surface area contributed by atoms with Crippen LogP contribution in [0.25, 0.3) is 0 Å². The van der Waals surface area contributed by atoms with Crippen LogP contribution in [0, 0.1) is 41.4 Å². The molecule has 5 amide bonds. The van der Waals surface area contributed by atoms with Crippen molar-refractivity contribution in [1.82, 2.24) is 26.6 Å². The molecule has 0 aliphatic heterocycles. The minimum atomic E-state index is -0.960. The molecule has 8 N–H and O–H groups in total. The predicted molar refractivity (Wildman–Crippen MR) is 183 cm³/mol. The van der Waals surface area contributed by atoms with Gasteiger partial charge >= 0.3 is 5.97 Å². The molecule has 0 aliphatic carbocycles. The number of hydrogen-bond donors (Lipinski definition) is 7. The van der Waals surface area contributed by atoms with Crippen LogP contribution >= 0.6 is 0 Å². The Morgan fingerprint density at radius 3 is 1.62 bits per heavy atom. The van der Waals surface area contributed by atoms with Crippen LogP contribution in [-0.4, -0.2) is 78.4 Å². The van der Waals surface area contributed by atoms with E-state index in [1.807, 2.05) is 55.4 Å². The van der Waals surface area contributed by atoms with Crippen molar-refractivity contribution in [2.75, 3.05) is 19.6 Å². The van der Waals surface area contributed by atoms with E-state index in [0.29, 0.717) is 12.8 Å². The van der Waals surface area contributed by atoms with Crippen LogP contribution in [0.4, 0.5) is 0 Å². The summed E-state index contributed by atoms with van der Waals surface area (Å²) in [4.78, 5) is 75.0. The molecule has 272 valence electrons. The summed E-state index contributed by atoms with van der Waals surface area (Å²) in [5.74, 6) is -3.72. The van der Waals surface area contributed by atoms with Gasteiger partial charge in [0.1, 0.15) is 0 Å². The van der Waals surface area contributed by atoms with Crippen LogP contribution in [0.5, 0.6) is 0 Å². The van der Waals surface area contributed by atoms with E-state index in [0.717, 1.165) is 0 Å². The van der Waals surface area contributed by atoms with Crippen LogP contribution in [-0.2, 0) is 28.8 Å². The van der Waals surface area contributed by atoms with Gasteiger partial charge in [-0.1, -0.05) is 62.3 Å². The van der Waals surface area contributed by atoms with Gasteiger partial charge in [0, 0.05) is 57.0 Å². The second-order valence-corrected chi connectivity index (χ2v) is 14.6. The van der Waals surface area contributed by atoms with Gasteiger partial charge in [0.25, 0.3) is 0 Å². The third kappa shape index (κ3) is 19.9. The molecule has 0 unspecified atom stereocenters. The SMILES string of the molecule is CC(C)C[C@@H](CC(=O)NC[C@@H](C(=O)N[C@@H](C)CC(=O)NC[C@H](CC(C)C)C(=O)O)C(C)C)NC(=O)[C@@H](C)CNC(=O)C[C@@H](N)C(C)C. The van der Waals surface area contributed by atoms with Crippen LogP contribution in [0.3, 0.4) is 0 Å². The lowest BCUT2D eigenvalue weighted by molar-refractivity contribution is -0.142. The van der Waals surface area contributed by atoms with E-state index in [2.05, 4.69) is 26.6 Å². The van der Waals surface area contributed by atoms with E-state index in [4.69, 9.17) is 5.73 Å². The molecule has 13 nitrogen and oxygen atoms in total. The first-order chi connectivity index (χ1) is 21.7. The summed E-state index contributed by atoms with van der Waals surface area (Å²) in [5, 5.41) is 23.4. The molecule has 0 radical (unpaired) electrons. The second-order valence-electron chi connectivity index (χ2n) is 14.6. The standard InChI is InChI=1S/C34H64N6O7/c1-19(2)11-25(34(46)47)17-37-29(41)13-24(10)39-33(45)27(21(5)6)18-38-30(42)14-26(12-20(3)4)40-32(44)23(9)16-36-31(43)15-28(35)22(7)8/h19-28H,11-18,35H2,1-10H3,(H,36,43)(H,37,41)(H,38,42)(H,39,45)(H,40,44)(H,46,47)/t23-,24-,25-,26-,27+,28+/m0/s1. The summed E-state index contributed by atoms with van der Waals surface area (Å²) >= 11 is 0. The Bertz CT molecular complexity index is 1020. The van der Waals surface area contributed by atoms with Gasteiger partial charge in [0.2, 0.25) is 29.5 Å². The number of nitrogens with one attached hydrogen (secondary N) is 5. The molecule has 0 aromatic rings. The van der Waals surface area contributed by atoms with E-state index < -0.39 is 35.8 Å². The second kappa shape index (κ2) is 22.4. The van der Waals surface area contributed by atoms with Crippen molar-refractivity contribution in [1.29, 1.82) is 0 Å². The molecule has 0 bridgehead atoms. The van der Waals surface area contributed by atoms with E-state index >= 15 is 0 Å². The van der Waals surface area contributed by atoms with Crippen molar-refractivity contribution >= 4 is 35.5 Å². The average molecular weight is 669 g/mol. The Hall–Kier alpha value is -3.22. The number of nitrogens with two attached hydrogens (primary N) is 1. The minimum Gasteiger partial charge on any atom is -0.481 e. The van der Waals surface area contributed by atoms with Gasteiger partial charge in [-0.3, -0.25) is 28.8 Å². The van der Waals surface area contributed by atoms with Crippen LogP contribution < -0.4 is 32.3 Å². The summed E-state index contributed by atoms with van der Waals surface area (Å²) in [7, 11) is 0. The lowest BCUT2D eigenvalue weighted by Gasteiger charge is -2.25. The summed E-state index contributed by atoms with van der Waals surface area (Å²) in [6.07, 6.45) is 1.21. The zero-order valence-corrected chi connectivity index (χ0v) is 30.4. The Balaban J connectivity index is 5.00. The predicted octanol–water partition coefficient (Wildman–Crippen LogP) is 2.18. The molecular weight excluding hydrogens is 604 g/mol. The number of hydrogen-bond acceptors (Lipinski definition) is 7. The number of aliphatic carboxylic acids is 1. The highest BCUT2D eigenvalue weighted by atomic mass is 16.4. The van der Waals surface area contributed by atoms with E-state index in [-0.39, 0.29) is 98.1 Å². The third-order valence-electron chi connectivity index (χ3n) is 8.06. The van der Waals surface area contributed by atoms with Crippen molar-refractivity contribution < 1.29 is 33.9 Å². The van der Waals surface area contributed by atoms with Gasteiger partial charge in [0.05, 0.1) is 17.8 Å².